The molecule has 4 heterocycles. The van der Waals surface area contributed by atoms with Crippen LogP contribution in [0.4, 0.5) is 9.59 Å². The summed E-state index contributed by atoms with van der Waals surface area (Å²) in [6.07, 6.45) is 1.52. The largest absolute Gasteiger partial charge is 0.465 e. The molecule has 2 aromatic heterocycles. The fourth-order valence-electron chi connectivity index (χ4n) is 8.95. The number of ether oxygens (including phenoxy) is 1. The molecule has 2 aliphatic heterocycles. The van der Waals surface area contributed by atoms with Gasteiger partial charge >= 0.3 is 12.2 Å². The zero-order chi connectivity index (χ0) is 43.9. The molecule has 4 amide bonds. The number of aromatic nitrogens is 4. The fraction of sp³-hybridized carbons (Fsp3) is 0.435. The molecule has 14 nitrogen and oxygen atoms in total. The van der Waals surface area contributed by atoms with Gasteiger partial charge in [-0.1, -0.05) is 102 Å². The Bertz CT molecular complexity index is 2430. The number of imidazole rings is 2. The zero-order valence-electron chi connectivity index (χ0n) is 35.9. The van der Waals surface area contributed by atoms with E-state index in [0.29, 0.717) is 42.0 Å². The molecule has 5 aromatic rings. The molecule has 6 atom stereocenters. The van der Waals surface area contributed by atoms with Crippen LogP contribution in [0.3, 0.4) is 0 Å². The van der Waals surface area contributed by atoms with Crippen molar-refractivity contribution in [3.8, 4) is 33.6 Å². The standard InChI is InChI=1S/C46H55ClN8O6/c1-24(2)37(51-45(58)61-8)43(56)54-22-27(6)18-36(54)42-50-38(40(47)52-42)33-16-15-31-19-30(13-14-32(31)20-33)28-9-11-29(12-10-28)34-21-48-41(49-34)35-17-26(5)23-55(35)44(57)39(25(3)4)53(7)46(59)60/h9-16,19-21,24-27,35-37,39H,17-18,22-23H2,1-8H3,(H,48,49)(H,50,52)(H,51,58)(H,59,60)/t26-,27?,35-,36?,37-,39-/m0/s1. The molecule has 322 valence electrons. The first-order chi connectivity index (χ1) is 29.0. The number of H-pyrrole nitrogens is 2. The highest BCUT2D eigenvalue weighted by molar-refractivity contribution is 6.32. The van der Waals surface area contributed by atoms with E-state index in [9.17, 15) is 24.3 Å². The number of alkyl carbamates (subject to hydrolysis) is 1. The molecule has 2 unspecified atom stereocenters. The van der Waals surface area contributed by atoms with Crippen LogP contribution in [0, 0.1) is 23.7 Å². The summed E-state index contributed by atoms with van der Waals surface area (Å²) in [6, 6.07) is 18.6. The molecule has 0 aliphatic carbocycles. The van der Waals surface area contributed by atoms with Gasteiger partial charge in [-0.05, 0) is 70.5 Å². The molecule has 2 fully saturated rings. The van der Waals surface area contributed by atoms with Gasteiger partial charge in [0.05, 0.1) is 30.6 Å². The van der Waals surface area contributed by atoms with Gasteiger partial charge in [-0.25, -0.2) is 19.6 Å². The van der Waals surface area contributed by atoms with Gasteiger partial charge in [0.1, 0.15) is 23.7 Å². The zero-order valence-corrected chi connectivity index (χ0v) is 36.7. The van der Waals surface area contributed by atoms with Crippen molar-refractivity contribution in [1.82, 2.24) is 40.0 Å². The number of carbonyl (C=O) groups is 4. The van der Waals surface area contributed by atoms with Crippen molar-refractivity contribution in [2.45, 2.75) is 78.6 Å². The van der Waals surface area contributed by atoms with Crippen LogP contribution in [0.15, 0.2) is 66.9 Å². The third-order valence-corrected chi connectivity index (χ3v) is 12.4. The highest BCUT2D eigenvalue weighted by Gasteiger charge is 2.43. The Labute approximate surface area is 361 Å². The first kappa shape index (κ1) is 43.2. The van der Waals surface area contributed by atoms with Gasteiger partial charge in [0, 0.05) is 37.5 Å². The van der Waals surface area contributed by atoms with E-state index < -0.39 is 24.3 Å². The lowest BCUT2D eigenvalue weighted by atomic mass is 9.98. The summed E-state index contributed by atoms with van der Waals surface area (Å²) < 4.78 is 4.79. The lowest BCUT2D eigenvalue weighted by molar-refractivity contribution is -0.138. The maximum absolute atomic E-state index is 13.8. The smallest absolute Gasteiger partial charge is 0.407 e. The van der Waals surface area contributed by atoms with E-state index in [0.717, 1.165) is 50.0 Å². The van der Waals surface area contributed by atoms with Crippen molar-refractivity contribution in [2.75, 3.05) is 27.2 Å². The summed E-state index contributed by atoms with van der Waals surface area (Å²) in [5.41, 5.74) is 5.33. The summed E-state index contributed by atoms with van der Waals surface area (Å²) in [7, 11) is 2.73. The number of nitrogens with zero attached hydrogens (tertiary/aromatic N) is 5. The van der Waals surface area contributed by atoms with Crippen LogP contribution in [0.25, 0.3) is 44.4 Å². The maximum Gasteiger partial charge on any atom is 0.407 e. The number of nitrogens with one attached hydrogen (secondary N) is 3. The highest BCUT2D eigenvalue weighted by atomic mass is 35.5. The molecular weight excluding hydrogens is 796 g/mol. The van der Waals surface area contributed by atoms with Crippen LogP contribution >= 0.6 is 11.6 Å². The van der Waals surface area contributed by atoms with Gasteiger partial charge in [0.15, 0.2) is 5.15 Å². The molecule has 3 aromatic carbocycles. The minimum Gasteiger partial charge on any atom is -0.465 e. The normalized spacial score (nSPS) is 20.0. The second-order valence-electron chi connectivity index (χ2n) is 17.4. The number of fused-ring (bicyclic) bond motifs is 1. The number of rotatable bonds is 11. The average Bonchev–Trinajstić information content (AvgIpc) is 4.05. The molecular formula is C46H55ClN8O6. The second kappa shape index (κ2) is 17.6. The summed E-state index contributed by atoms with van der Waals surface area (Å²) >= 11 is 6.78. The topological polar surface area (TPSA) is 177 Å². The van der Waals surface area contributed by atoms with Gasteiger partial charge in [-0.3, -0.25) is 14.5 Å². The van der Waals surface area contributed by atoms with E-state index in [1.54, 1.807) is 9.80 Å². The SMILES string of the molecule is COC(=O)N[C@H](C(=O)N1CC(C)CC1c1nc(Cl)c(-c2ccc3cc(-c4ccc(-c5c[nH]c([C@@H]6C[C@H](C)CN6C(=O)[C@H](C(C)C)N(C)C(=O)O)n5)cc4)ccc3c2)[nH]1)C(C)C. The minimum atomic E-state index is -1.13. The number of carboxylic acid groups (broad SMARTS) is 1. The summed E-state index contributed by atoms with van der Waals surface area (Å²) in [5, 5.41) is 14.8. The average molecular weight is 851 g/mol. The predicted octanol–water partition coefficient (Wildman–Crippen LogP) is 8.77. The van der Waals surface area contributed by atoms with Crippen molar-refractivity contribution < 1.29 is 29.0 Å². The quantitative estimate of drug-likeness (QED) is 0.102. The molecule has 61 heavy (non-hydrogen) atoms. The minimum absolute atomic E-state index is 0.147. The van der Waals surface area contributed by atoms with Crippen LogP contribution < -0.4 is 5.32 Å². The molecule has 4 N–H and O–H groups in total. The monoisotopic (exact) mass is 850 g/mol. The number of methoxy groups -OCH3 is 1. The number of benzene rings is 3. The Kier molecular flexibility index (Phi) is 12.5. The van der Waals surface area contributed by atoms with Gasteiger partial charge in [0.2, 0.25) is 11.8 Å². The Balaban J connectivity index is 1.06. The summed E-state index contributed by atoms with van der Waals surface area (Å²) in [4.78, 5) is 72.5. The fourth-order valence-corrected chi connectivity index (χ4v) is 9.20. The number of halogens is 1. The third-order valence-electron chi connectivity index (χ3n) is 12.1. The Morgan fingerprint density at radius 2 is 1.36 bits per heavy atom. The van der Waals surface area contributed by atoms with Gasteiger partial charge < -0.3 is 34.9 Å². The Hall–Kier alpha value is -5.89. The van der Waals surface area contributed by atoms with Crippen molar-refractivity contribution >= 4 is 46.4 Å². The predicted molar refractivity (Wildman–Crippen MR) is 235 cm³/mol. The number of hydrogen-bond donors (Lipinski definition) is 4. The number of likely N-dealkylation sites (tertiary alicyclic amines) is 2. The van der Waals surface area contributed by atoms with Gasteiger partial charge in [0.25, 0.3) is 0 Å². The molecule has 0 bridgehead atoms. The van der Waals surface area contributed by atoms with Crippen molar-refractivity contribution in [3.63, 3.8) is 0 Å². The highest BCUT2D eigenvalue weighted by Crippen LogP contribution is 2.39. The van der Waals surface area contributed by atoms with Crippen LogP contribution in [0.2, 0.25) is 5.15 Å². The summed E-state index contributed by atoms with van der Waals surface area (Å²) in [6.45, 7) is 12.8. The molecule has 2 aliphatic rings. The number of likely N-dealkylation sites (N-methyl/N-ethyl adjacent to an activating group) is 1. The van der Waals surface area contributed by atoms with Crippen molar-refractivity contribution in [3.05, 3.63) is 83.7 Å². The second-order valence-corrected chi connectivity index (χ2v) is 17.8. The lowest BCUT2D eigenvalue weighted by Crippen LogP contribution is -2.51. The number of carbonyl (C=O) groups excluding carboxylic acids is 3. The Morgan fingerprint density at radius 1 is 0.803 bits per heavy atom. The van der Waals surface area contributed by atoms with Crippen LogP contribution in [0.1, 0.15) is 78.1 Å². The van der Waals surface area contributed by atoms with E-state index in [1.165, 1.54) is 14.2 Å². The molecule has 15 heteroatoms. The van der Waals surface area contributed by atoms with Crippen LogP contribution in [0.5, 0.6) is 0 Å². The van der Waals surface area contributed by atoms with Gasteiger partial charge in [-0.15, -0.1) is 0 Å². The van der Waals surface area contributed by atoms with E-state index in [1.807, 2.05) is 52.1 Å². The van der Waals surface area contributed by atoms with E-state index in [4.69, 9.17) is 26.3 Å². The van der Waals surface area contributed by atoms with Crippen LogP contribution in [-0.2, 0) is 14.3 Å². The number of amides is 4. The van der Waals surface area contributed by atoms with Gasteiger partial charge in [-0.2, -0.15) is 0 Å². The number of aromatic amines is 2. The third kappa shape index (κ3) is 8.81. The first-order valence-corrected chi connectivity index (χ1v) is 21.3. The Morgan fingerprint density at radius 3 is 1.95 bits per heavy atom. The molecule has 0 radical (unpaired) electrons. The van der Waals surface area contributed by atoms with E-state index in [-0.39, 0.29) is 47.6 Å². The molecule has 0 spiro atoms. The van der Waals surface area contributed by atoms with Crippen LogP contribution in [-0.4, -0.2) is 103 Å². The maximum atomic E-state index is 13.8. The van der Waals surface area contributed by atoms with Crippen molar-refractivity contribution in [1.29, 1.82) is 0 Å². The summed E-state index contributed by atoms with van der Waals surface area (Å²) in [5.74, 6) is 1.05. The van der Waals surface area contributed by atoms with Crippen molar-refractivity contribution in [2.24, 2.45) is 23.7 Å². The molecule has 0 saturated carbocycles. The first-order valence-electron chi connectivity index (χ1n) is 20.9. The molecule has 2 saturated heterocycles. The van der Waals surface area contributed by atoms with E-state index >= 15 is 0 Å². The lowest BCUT2D eigenvalue weighted by Gasteiger charge is -2.33. The van der Waals surface area contributed by atoms with E-state index in [2.05, 4.69) is 71.6 Å². The molecule has 7 rings (SSSR count). The number of hydrogen-bond acceptors (Lipinski definition) is 7.